The van der Waals surface area contributed by atoms with Crippen molar-refractivity contribution in [1.29, 1.82) is 0 Å². The Morgan fingerprint density at radius 3 is 2.54 bits per heavy atom. The van der Waals surface area contributed by atoms with Gasteiger partial charge in [-0.2, -0.15) is 0 Å². The number of nitrogens with one attached hydrogen (secondary N) is 1. The fraction of sp³-hybridized carbons (Fsp3) is 0.857. The molecule has 0 aromatic heterocycles. The van der Waals surface area contributed by atoms with E-state index in [0.717, 1.165) is 0 Å². The van der Waals surface area contributed by atoms with Gasteiger partial charge in [-0.25, -0.2) is 0 Å². The summed E-state index contributed by atoms with van der Waals surface area (Å²) in [6, 6.07) is -0.866. The Kier molecular flexibility index (Phi) is 3.21. The van der Waals surface area contributed by atoms with Crippen LogP contribution in [0.4, 0.5) is 0 Å². The molecule has 76 valence electrons. The fourth-order valence-electron chi connectivity index (χ4n) is 1.29. The number of aliphatic hydroxyl groups is 3. The maximum atomic E-state index is 10.6. The third-order valence-electron chi connectivity index (χ3n) is 1.92. The molecule has 0 bridgehead atoms. The molecule has 0 aliphatic carbocycles. The molecule has 0 radical (unpaired) electrons. The first-order valence-corrected chi connectivity index (χ1v) is 3.96. The SMILES string of the molecule is CC(=O)N[C@H]1[C@H](O)[C@H](CO)O[C@H]1O. The van der Waals surface area contributed by atoms with Gasteiger partial charge in [-0.3, -0.25) is 4.79 Å². The first-order chi connectivity index (χ1) is 6.06. The molecule has 0 spiro atoms. The quantitative estimate of drug-likeness (QED) is 0.388. The van der Waals surface area contributed by atoms with Crippen molar-refractivity contribution in [3.8, 4) is 0 Å². The highest BCUT2D eigenvalue weighted by Crippen LogP contribution is 2.18. The number of amides is 1. The minimum absolute atomic E-state index is 0.370. The van der Waals surface area contributed by atoms with E-state index >= 15 is 0 Å². The second kappa shape index (κ2) is 4.01. The van der Waals surface area contributed by atoms with E-state index in [2.05, 4.69) is 5.32 Å². The van der Waals surface area contributed by atoms with Crippen LogP contribution in [0.15, 0.2) is 0 Å². The molecule has 6 heteroatoms. The number of hydrogen-bond acceptors (Lipinski definition) is 5. The molecule has 0 aromatic carbocycles. The van der Waals surface area contributed by atoms with Gasteiger partial charge in [0.2, 0.25) is 5.91 Å². The molecule has 1 heterocycles. The largest absolute Gasteiger partial charge is 0.394 e. The summed E-state index contributed by atoms with van der Waals surface area (Å²) in [6.07, 6.45) is -3.19. The van der Waals surface area contributed by atoms with Gasteiger partial charge in [0.25, 0.3) is 0 Å². The van der Waals surface area contributed by atoms with Crippen LogP contribution in [0.1, 0.15) is 6.92 Å². The zero-order valence-corrected chi connectivity index (χ0v) is 7.17. The number of aliphatic hydroxyl groups excluding tert-OH is 3. The highest BCUT2D eigenvalue weighted by molar-refractivity contribution is 5.73. The molecule has 0 saturated carbocycles. The van der Waals surface area contributed by atoms with Crippen molar-refractivity contribution in [3.63, 3.8) is 0 Å². The summed E-state index contributed by atoms with van der Waals surface area (Å²) in [7, 11) is 0. The summed E-state index contributed by atoms with van der Waals surface area (Å²) in [6.45, 7) is 0.875. The van der Waals surface area contributed by atoms with Gasteiger partial charge in [-0.1, -0.05) is 0 Å². The van der Waals surface area contributed by atoms with Crippen molar-refractivity contribution in [1.82, 2.24) is 5.32 Å². The number of rotatable bonds is 2. The summed E-state index contributed by atoms with van der Waals surface area (Å²) in [5, 5.41) is 29.6. The molecular formula is C7H13NO5. The lowest BCUT2D eigenvalue weighted by Crippen LogP contribution is -2.47. The molecule has 4 atom stereocenters. The summed E-state index contributed by atoms with van der Waals surface area (Å²) in [5.41, 5.74) is 0. The molecule has 1 rings (SSSR count). The number of carbonyl (C=O) groups is 1. The van der Waals surface area contributed by atoms with E-state index in [4.69, 9.17) is 9.84 Å². The predicted molar refractivity (Wildman–Crippen MR) is 41.6 cm³/mol. The molecule has 0 unspecified atom stereocenters. The van der Waals surface area contributed by atoms with Crippen LogP contribution >= 0.6 is 0 Å². The van der Waals surface area contributed by atoms with E-state index in [1.165, 1.54) is 6.92 Å². The molecular weight excluding hydrogens is 178 g/mol. The van der Waals surface area contributed by atoms with Crippen molar-refractivity contribution >= 4 is 5.91 Å². The minimum atomic E-state index is -1.27. The lowest BCUT2D eigenvalue weighted by atomic mass is 10.1. The highest BCUT2D eigenvalue weighted by atomic mass is 16.6. The lowest BCUT2D eigenvalue weighted by molar-refractivity contribution is -0.127. The monoisotopic (exact) mass is 191 g/mol. The first-order valence-electron chi connectivity index (χ1n) is 3.96. The van der Waals surface area contributed by atoms with Crippen LogP contribution in [0, 0.1) is 0 Å². The van der Waals surface area contributed by atoms with E-state index in [9.17, 15) is 15.0 Å². The Morgan fingerprint density at radius 1 is 1.54 bits per heavy atom. The maximum Gasteiger partial charge on any atom is 0.217 e. The summed E-state index contributed by atoms with van der Waals surface area (Å²) in [5.74, 6) is -0.370. The molecule has 4 N–H and O–H groups in total. The highest BCUT2D eigenvalue weighted by Gasteiger charge is 2.42. The number of ether oxygens (including phenoxy) is 1. The zero-order chi connectivity index (χ0) is 10.0. The molecule has 6 nitrogen and oxygen atoms in total. The average molecular weight is 191 g/mol. The van der Waals surface area contributed by atoms with Crippen LogP contribution in [-0.2, 0) is 9.53 Å². The number of hydrogen-bond donors (Lipinski definition) is 4. The van der Waals surface area contributed by atoms with Crippen LogP contribution in [0.2, 0.25) is 0 Å². The molecule has 1 aliphatic rings. The van der Waals surface area contributed by atoms with Crippen LogP contribution < -0.4 is 5.32 Å². The Labute approximate surface area is 75.1 Å². The Hall–Kier alpha value is -0.690. The minimum Gasteiger partial charge on any atom is -0.394 e. The number of carbonyl (C=O) groups excluding carboxylic acids is 1. The molecule has 13 heavy (non-hydrogen) atoms. The van der Waals surface area contributed by atoms with Crippen molar-refractivity contribution < 1.29 is 24.9 Å². The molecule has 1 fully saturated rings. The van der Waals surface area contributed by atoms with E-state index in [-0.39, 0.29) is 5.91 Å². The van der Waals surface area contributed by atoms with Crippen molar-refractivity contribution in [2.75, 3.05) is 6.61 Å². The van der Waals surface area contributed by atoms with Gasteiger partial charge < -0.3 is 25.4 Å². The predicted octanol–water partition coefficient (Wildman–Crippen LogP) is -2.44. The van der Waals surface area contributed by atoms with Crippen LogP contribution in [0.25, 0.3) is 0 Å². The topological polar surface area (TPSA) is 99.0 Å². The second-order valence-corrected chi connectivity index (χ2v) is 2.96. The van der Waals surface area contributed by atoms with Crippen LogP contribution in [0.5, 0.6) is 0 Å². The maximum absolute atomic E-state index is 10.6. The normalized spacial score (nSPS) is 39.1. The van der Waals surface area contributed by atoms with Crippen molar-refractivity contribution in [2.24, 2.45) is 0 Å². The molecule has 1 saturated heterocycles. The third-order valence-corrected chi connectivity index (χ3v) is 1.92. The molecule has 1 aliphatic heterocycles. The summed E-state index contributed by atoms with van der Waals surface area (Å²) in [4.78, 5) is 10.6. The van der Waals surface area contributed by atoms with Crippen LogP contribution in [-0.4, -0.2) is 52.4 Å². The van der Waals surface area contributed by atoms with Gasteiger partial charge in [0, 0.05) is 6.92 Å². The lowest BCUT2D eigenvalue weighted by Gasteiger charge is -2.17. The molecule has 1 amide bonds. The first kappa shape index (κ1) is 10.4. The Morgan fingerprint density at radius 2 is 2.15 bits per heavy atom. The standard InChI is InChI=1S/C7H13NO5/c1-3(10)8-5-6(11)4(2-9)13-7(5)12/h4-7,9,11-12H,2H2,1H3,(H,8,10)/t4-,5-,6+,7+/m0/s1. The third kappa shape index (κ3) is 2.16. The van der Waals surface area contributed by atoms with Gasteiger partial charge in [-0.15, -0.1) is 0 Å². The smallest absolute Gasteiger partial charge is 0.217 e. The van der Waals surface area contributed by atoms with Crippen LogP contribution in [0.3, 0.4) is 0 Å². The summed E-state index contributed by atoms with van der Waals surface area (Å²) >= 11 is 0. The van der Waals surface area contributed by atoms with Gasteiger partial charge >= 0.3 is 0 Å². The van der Waals surface area contributed by atoms with Gasteiger partial charge in [0.1, 0.15) is 18.2 Å². The second-order valence-electron chi connectivity index (χ2n) is 2.96. The Balaban J connectivity index is 2.58. The summed E-state index contributed by atoms with van der Waals surface area (Å²) < 4.78 is 4.78. The van der Waals surface area contributed by atoms with Crippen molar-refractivity contribution in [2.45, 2.75) is 31.5 Å². The van der Waals surface area contributed by atoms with Gasteiger partial charge in [-0.05, 0) is 0 Å². The van der Waals surface area contributed by atoms with Gasteiger partial charge in [0.05, 0.1) is 6.61 Å². The van der Waals surface area contributed by atoms with E-state index in [0.29, 0.717) is 0 Å². The molecule has 0 aromatic rings. The average Bonchev–Trinajstić information content (AvgIpc) is 2.31. The zero-order valence-electron chi connectivity index (χ0n) is 7.17. The van der Waals surface area contributed by atoms with Crippen molar-refractivity contribution in [3.05, 3.63) is 0 Å². The van der Waals surface area contributed by atoms with E-state index in [1.54, 1.807) is 0 Å². The van der Waals surface area contributed by atoms with E-state index < -0.39 is 31.1 Å². The fourth-order valence-corrected chi connectivity index (χ4v) is 1.29. The van der Waals surface area contributed by atoms with Gasteiger partial charge in [0.15, 0.2) is 6.29 Å². The Bertz CT molecular complexity index is 197. The van der Waals surface area contributed by atoms with E-state index in [1.807, 2.05) is 0 Å².